The van der Waals surface area contributed by atoms with Crippen LogP contribution in [0.2, 0.25) is 5.02 Å². The second-order valence-corrected chi connectivity index (χ2v) is 8.75. The Morgan fingerprint density at radius 2 is 1.85 bits per heavy atom. The fraction of sp³-hybridized carbons (Fsp3) is 0.167. The van der Waals surface area contributed by atoms with E-state index in [9.17, 15) is 13.5 Å². The van der Waals surface area contributed by atoms with Crippen molar-refractivity contribution in [2.24, 2.45) is 0 Å². The minimum atomic E-state index is -3.86. The lowest BCUT2D eigenvalue weighted by Crippen LogP contribution is -2.39. The van der Waals surface area contributed by atoms with Gasteiger partial charge in [0.2, 0.25) is 0 Å². The summed E-state index contributed by atoms with van der Waals surface area (Å²) in [6.45, 7) is -0.258. The van der Waals surface area contributed by atoms with Gasteiger partial charge in [-0.1, -0.05) is 29.8 Å². The highest BCUT2D eigenvalue weighted by Gasteiger charge is 2.29. The molecular formula is C18H17ClN2O4S2. The van der Waals surface area contributed by atoms with Gasteiger partial charge in [0.05, 0.1) is 11.4 Å². The molecule has 3 rings (SSSR count). The number of thiazole rings is 1. The number of nitrogens with zero attached hydrogens (tertiary/aromatic N) is 2. The van der Waals surface area contributed by atoms with Crippen LogP contribution >= 0.6 is 22.9 Å². The largest absolute Gasteiger partial charge is 0.491 e. The zero-order valence-electron chi connectivity index (χ0n) is 14.1. The summed E-state index contributed by atoms with van der Waals surface area (Å²) < 4.78 is 32.6. The Bertz CT molecular complexity index is 949. The second-order valence-electron chi connectivity index (χ2n) is 5.58. The normalized spacial score (nSPS) is 12.5. The fourth-order valence-corrected chi connectivity index (χ4v) is 4.79. The van der Waals surface area contributed by atoms with Gasteiger partial charge in [0.1, 0.15) is 18.5 Å². The van der Waals surface area contributed by atoms with Gasteiger partial charge < -0.3 is 9.84 Å². The standard InChI is InChI=1S/C18H17ClN2O4S2/c19-14-6-8-16(9-7-14)25-13-15(22)12-21(18-20-10-11-26-18)27(23,24)17-4-2-1-3-5-17/h1-11,15,22H,12-13H2. The smallest absolute Gasteiger partial charge is 0.266 e. The maximum atomic E-state index is 13.0. The molecule has 0 radical (unpaired) electrons. The van der Waals surface area contributed by atoms with Crippen molar-refractivity contribution in [2.75, 3.05) is 17.5 Å². The van der Waals surface area contributed by atoms with Crippen molar-refractivity contribution in [3.63, 3.8) is 0 Å². The number of halogens is 1. The summed E-state index contributed by atoms with van der Waals surface area (Å²) in [4.78, 5) is 4.22. The van der Waals surface area contributed by atoms with Gasteiger partial charge in [-0.2, -0.15) is 0 Å². The van der Waals surface area contributed by atoms with Crippen LogP contribution in [-0.2, 0) is 10.0 Å². The van der Waals surface area contributed by atoms with Crippen molar-refractivity contribution >= 4 is 38.1 Å². The number of sulfonamides is 1. The maximum absolute atomic E-state index is 13.0. The Morgan fingerprint density at radius 3 is 2.48 bits per heavy atom. The van der Waals surface area contributed by atoms with E-state index >= 15 is 0 Å². The van der Waals surface area contributed by atoms with Gasteiger partial charge in [0.15, 0.2) is 5.13 Å². The summed E-state index contributed by atoms with van der Waals surface area (Å²) in [5.74, 6) is 0.533. The van der Waals surface area contributed by atoms with Crippen molar-refractivity contribution in [1.82, 2.24) is 4.98 Å². The minimum absolute atomic E-state index is 0.0756. The highest BCUT2D eigenvalue weighted by Crippen LogP contribution is 2.26. The number of aromatic nitrogens is 1. The summed E-state index contributed by atoms with van der Waals surface area (Å²) in [6.07, 6.45) is 0.465. The van der Waals surface area contributed by atoms with E-state index in [1.807, 2.05) is 0 Å². The first kappa shape index (κ1) is 19.6. The van der Waals surface area contributed by atoms with E-state index in [2.05, 4.69) is 4.98 Å². The van der Waals surface area contributed by atoms with Gasteiger partial charge in [-0.25, -0.2) is 17.7 Å². The Morgan fingerprint density at radius 1 is 1.15 bits per heavy atom. The first-order valence-corrected chi connectivity index (χ1v) is 10.7. The van der Waals surface area contributed by atoms with E-state index in [1.54, 1.807) is 47.8 Å². The summed E-state index contributed by atoms with van der Waals surface area (Å²) in [6, 6.07) is 14.7. The van der Waals surface area contributed by atoms with E-state index in [0.717, 1.165) is 4.31 Å². The Kier molecular flexibility index (Phi) is 6.33. The molecule has 27 heavy (non-hydrogen) atoms. The van der Waals surface area contributed by atoms with Crippen LogP contribution in [0, 0.1) is 0 Å². The molecule has 9 heteroatoms. The number of benzene rings is 2. The molecule has 1 N–H and O–H groups in total. The van der Waals surface area contributed by atoms with Crippen molar-refractivity contribution in [3.05, 3.63) is 71.2 Å². The minimum Gasteiger partial charge on any atom is -0.491 e. The average molecular weight is 425 g/mol. The lowest BCUT2D eigenvalue weighted by molar-refractivity contribution is 0.115. The molecule has 3 aromatic rings. The molecule has 0 aliphatic rings. The van der Waals surface area contributed by atoms with Gasteiger partial charge in [0, 0.05) is 16.6 Å². The monoisotopic (exact) mass is 424 g/mol. The number of aliphatic hydroxyl groups is 1. The number of rotatable bonds is 8. The molecule has 1 heterocycles. The molecule has 0 amide bonds. The molecule has 0 spiro atoms. The van der Waals surface area contributed by atoms with Crippen LogP contribution in [0.5, 0.6) is 5.75 Å². The molecule has 0 fully saturated rings. The summed E-state index contributed by atoms with van der Waals surface area (Å²) in [5.41, 5.74) is 0. The molecule has 0 aliphatic carbocycles. The number of anilines is 1. The quantitative estimate of drug-likeness (QED) is 0.599. The molecule has 6 nitrogen and oxygen atoms in total. The first-order chi connectivity index (χ1) is 13.0. The lowest BCUT2D eigenvalue weighted by atomic mass is 10.3. The molecule has 142 valence electrons. The SMILES string of the molecule is O=S(=O)(c1ccccc1)N(CC(O)COc1ccc(Cl)cc1)c1nccs1. The summed E-state index contributed by atoms with van der Waals surface area (Å²) >= 11 is 7.00. The third-order valence-corrected chi connectivity index (χ3v) is 6.53. The van der Waals surface area contributed by atoms with E-state index in [0.29, 0.717) is 10.8 Å². The van der Waals surface area contributed by atoms with Crippen LogP contribution < -0.4 is 9.04 Å². The first-order valence-electron chi connectivity index (χ1n) is 8.00. The summed E-state index contributed by atoms with van der Waals surface area (Å²) in [7, 11) is -3.86. The van der Waals surface area contributed by atoms with Gasteiger partial charge in [-0.3, -0.25) is 0 Å². The number of hydrogen-bond donors (Lipinski definition) is 1. The Balaban J connectivity index is 1.75. The molecule has 2 aromatic carbocycles. The molecule has 0 aliphatic heterocycles. The Hall–Kier alpha value is -2.13. The van der Waals surface area contributed by atoms with E-state index < -0.39 is 16.1 Å². The third kappa shape index (κ3) is 4.98. The van der Waals surface area contributed by atoms with E-state index in [1.165, 1.54) is 29.7 Å². The average Bonchev–Trinajstić information content (AvgIpc) is 3.20. The topological polar surface area (TPSA) is 79.7 Å². The van der Waals surface area contributed by atoms with Gasteiger partial charge in [0.25, 0.3) is 10.0 Å². The lowest BCUT2D eigenvalue weighted by Gasteiger charge is -2.24. The van der Waals surface area contributed by atoms with Crippen molar-refractivity contribution in [2.45, 2.75) is 11.0 Å². The van der Waals surface area contributed by atoms with Crippen molar-refractivity contribution in [1.29, 1.82) is 0 Å². The molecular weight excluding hydrogens is 408 g/mol. The second kappa shape index (κ2) is 8.71. The molecule has 1 aromatic heterocycles. The highest BCUT2D eigenvalue weighted by atomic mass is 35.5. The van der Waals surface area contributed by atoms with Crippen LogP contribution in [-0.4, -0.2) is 37.8 Å². The fourth-order valence-electron chi connectivity index (χ4n) is 2.31. The molecule has 0 bridgehead atoms. The molecule has 1 atom stereocenters. The predicted octanol–water partition coefficient (Wildman–Crippen LogP) is 3.43. The predicted molar refractivity (Wildman–Crippen MR) is 106 cm³/mol. The van der Waals surface area contributed by atoms with E-state index in [-0.39, 0.29) is 23.2 Å². The number of aliphatic hydroxyl groups excluding tert-OH is 1. The van der Waals surface area contributed by atoms with Crippen LogP contribution in [0.25, 0.3) is 0 Å². The van der Waals surface area contributed by atoms with Crippen LogP contribution in [0.4, 0.5) is 5.13 Å². The van der Waals surface area contributed by atoms with Crippen LogP contribution in [0.1, 0.15) is 0 Å². The third-order valence-electron chi connectivity index (χ3n) is 3.60. The zero-order valence-corrected chi connectivity index (χ0v) is 16.5. The molecule has 1 unspecified atom stereocenters. The number of hydrogen-bond acceptors (Lipinski definition) is 6. The van der Waals surface area contributed by atoms with E-state index in [4.69, 9.17) is 16.3 Å². The molecule has 0 saturated carbocycles. The summed E-state index contributed by atoms with van der Waals surface area (Å²) in [5, 5.41) is 12.9. The van der Waals surface area contributed by atoms with Crippen molar-refractivity contribution in [3.8, 4) is 5.75 Å². The van der Waals surface area contributed by atoms with Crippen LogP contribution in [0.3, 0.4) is 0 Å². The number of ether oxygens (including phenoxy) is 1. The maximum Gasteiger partial charge on any atom is 0.266 e. The Labute approximate surface area is 166 Å². The van der Waals surface area contributed by atoms with Crippen LogP contribution in [0.15, 0.2) is 71.1 Å². The molecule has 0 saturated heterocycles. The highest BCUT2D eigenvalue weighted by molar-refractivity contribution is 7.93. The van der Waals surface area contributed by atoms with Gasteiger partial charge in [-0.05, 0) is 36.4 Å². The van der Waals surface area contributed by atoms with Gasteiger partial charge in [-0.15, -0.1) is 11.3 Å². The van der Waals surface area contributed by atoms with Gasteiger partial charge >= 0.3 is 0 Å². The zero-order chi connectivity index (χ0) is 19.3. The van der Waals surface area contributed by atoms with Crippen molar-refractivity contribution < 1.29 is 18.3 Å².